The molecule has 110 valence electrons. The number of nitro groups is 1. The topological polar surface area (TPSA) is 72.7 Å². The van der Waals surface area contributed by atoms with E-state index < -0.39 is 4.92 Å². The Morgan fingerprint density at radius 2 is 2.10 bits per heavy atom. The molecule has 1 aromatic carbocycles. The highest BCUT2D eigenvalue weighted by Crippen LogP contribution is 2.25. The fourth-order valence-corrected chi connectivity index (χ4v) is 1.95. The second kappa shape index (κ2) is 7.59. The Kier molecular flexibility index (Phi) is 6.11. The summed E-state index contributed by atoms with van der Waals surface area (Å²) in [6.07, 6.45) is 0. The number of nitro benzene ring substituents is 1. The maximum atomic E-state index is 11.5. The summed E-state index contributed by atoms with van der Waals surface area (Å²) in [5.41, 5.74) is 0.785. The minimum absolute atomic E-state index is 0.141. The van der Waals surface area contributed by atoms with Gasteiger partial charge in [0.15, 0.2) is 5.78 Å². The molecule has 0 aliphatic carbocycles. The van der Waals surface area contributed by atoms with E-state index in [4.69, 9.17) is 4.74 Å². The summed E-state index contributed by atoms with van der Waals surface area (Å²) in [7, 11) is 0. The third kappa shape index (κ3) is 4.03. The highest BCUT2D eigenvalue weighted by Gasteiger charge is 2.19. The Morgan fingerprint density at radius 3 is 2.60 bits per heavy atom. The van der Waals surface area contributed by atoms with E-state index in [-0.39, 0.29) is 17.0 Å². The molecule has 0 spiro atoms. The van der Waals surface area contributed by atoms with E-state index in [1.165, 1.54) is 13.0 Å². The highest BCUT2D eigenvalue weighted by molar-refractivity contribution is 5.99. The molecule has 1 aromatic rings. The zero-order valence-electron chi connectivity index (χ0n) is 12.1. The number of likely N-dealkylation sites (N-methyl/N-ethyl adjacent to an activating group) is 1. The number of ether oxygens (including phenoxy) is 1. The molecule has 0 saturated heterocycles. The Morgan fingerprint density at radius 1 is 1.40 bits per heavy atom. The van der Waals surface area contributed by atoms with Crippen LogP contribution >= 0.6 is 0 Å². The van der Waals surface area contributed by atoms with Crippen LogP contribution in [-0.4, -0.2) is 37.0 Å². The molecule has 0 aromatic heterocycles. The van der Waals surface area contributed by atoms with E-state index >= 15 is 0 Å². The summed E-state index contributed by atoms with van der Waals surface area (Å²) < 4.78 is 5.31. The number of rotatable bonds is 8. The molecule has 20 heavy (non-hydrogen) atoms. The second-order valence-electron chi connectivity index (χ2n) is 4.29. The molecule has 0 heterocycles. The van der Waals surface area contributed by atoms with Gasteiger partial charge >= 0.3 is 0 Å². The van der Waals surface area contributed by atoms with Gasteiger partial charge in [0.2, 0.25) is 0 Å². The largest absolute Gasteiger partial charge is 0.380 e. The van der Waals surface area contributed by atoms with E-state index in [0.717, 1.165) is 12.2 Å². The van der Waals surface area contributed by atoms with E-state index in [1.54, 1.807) is 12.1 Å². The summed E-state index contributed by atoms with van der Waals surface area (Å²) in [4.78, 5) is 23.9. The van der Waals surface area contributed by atoms with Crippen molar-refractivity contribution in [2.24, 2.45) is 0 Å². The normalized spacial score (nSPS) is 10.3. The lowest BCUT2D eigenvalue weighted by Crippen LogP contribution is -2.27. The predicted molar refractivity (Wildman–Crippen MR) is 77.5 cm³/mol. The Balaban J connectivity index is 3.02. The minimum Gasteiger partial charge on any atom is -0.380 e. The maximum Gasteiger partial charge on any atom is 0.280 e. The third-order valence-corrected chi connectivity index (χ3v) is 3.01. The first kappa shape index (κ1) is 16.1. The number of benzene rings is 1. The molecule has 0 aliphatic heterocycles. The molecule has 6 nitrogen and oxygen atoms in total. The molecule has 0 fully saturated rings. The van der Waals surface area contributed by atoms with E-state index in [2.05, 4.69) is 0 Å². The van der Waals surface area contributed by atoms with Crippen molar-refractivity contribution in [3.05, 3.63) is 33.9 Å². The molecule has 6 heteroatoms. The van der Waals surface area contributed by atoms with Crippen LogP contribution in [0.25, 0.3) is 0 Å². The predicted octanol–water partition coefficient (Wildman–Crippen LogP) is 2.66. The third-order valence-electron chi connectivity index (χ3n) is 3.01. The average molecular weight is 280 g/mol. The SMILES string of the molecule is CCOCCN(CC)c1ccc([N+](=O)[O-])c(C(C)=O)c1. The second-order valence-corrected chi connectivity index (χ2v) is 4.29. The van der Waals surface area contributed by atoms with Gasteiger partial charge in [-0.25, -0.2) is 0 Å². The quantitative estimate of drug-likeness (QED) is 0.317. The standard InChI is InChI=1S/C14H20N2O4/c1-4-15(8-9-20-5-2)12-6-7-14(16(18)19)13(10-12)11(3)17/h6-7,10H,4-5,8-9H2,1-3H3. The molecule has 0 atom stereocenters. The Bertz CT molecular complexity index is 488. The van der Waals surface area contributed by atoms with Crippen LogP contribution in [0.5, 0.6) is 0 Å². The molecule has 0 aliphatic rings. The molecule has 0 radical (unpaired) electrons. The van der Waals surface area contributed by atoms with Gasteiger partial charge in [0.1, 0.15) is 0 Å². The van der Waals surface area contributed by atoms with Crippen molar-refractivity contribution in [2.75, 3.05) is 31.2 Å². The van der Waals surface area contributed by atoms with Crippen LogP contribution in [0.2, 0.25) is 0 Å². The van der Waals surface area contributed by atoms with Gasteiger partial charge in [0, 0.05) is 31.5 Å². The summed E-state index contributed by atoms with van der Waals surface area (Å²) >= 11 is 0. The summed E-state index contributed by atoms with van der Waals surface area (Å²) in [5, 5.41) is 10.9. The van der Waals surface area contributed by atoms with Gasteiger partial charge in [-0.1, -0.05) is 0 Å². The van der Waals surface area contributed by atoms with Crippen molar-refractivity contribution in [1.29, 1.82) is 0 Å². The van der Waals surface area contributed by atoms with E-state index in [1.807, 2.05) is 18.7 Å². The van der Waals surface area contributed by atoms with E-state index in [0.29, 0.717) is 19.8 Å². The van der Waals surface area contributed by atoms with Crippen LogP contribution in [0.4, 0.5) is 11.4 Å². The van der Waals surface area contributed by atoms with Crippen LogP contribution in [0.15, 0.2) is 18.2 Å². The lowest BCUT2D eigenvalue weighted by atomic mass is 10.1. The van der Waals surface area contributed by atoms with Gasteiger partial charge in [-0.05, 0) is 32.9 Å². The Hall–Kier alpha value is -1.95. The monoisotopic (exact) mass is 280 g/mol. The highest BCUT2D eigenvalue weighted by atomic mass is 16.6. The fourth-order valence-electron chi connectivity index (χ4n) is 1.95. The number of carbonyl (C=O) groups is 1. The lowest BCUT2D eigenvalue weighted by Gasteiger charge is -2.23. The lowest BCUT2D eigenvalue weighted by molar-refractivity contribution is -0.385. The maximum absolute atomic E-state index is 11.5. The van der Waals surface area contributed by atoms with Gasteiger partial charge in [-0.3, -0.25) is 14.9 Å². The van der Waals surface area contributed by atoms with Gasteiger partial charge in [-0.2, -0.15) is 0 Å². The summed E-state index contributed by atoms with van der Waals surface area (Å²) in [5.74, 6) is -0.306. The first-order valence-electron chi connectivity index (χ1n) is 6.63. The number of Topliss-reactive ketones (excluding diaryl/α,β-unsaturated/α-hetero) is 1. The minimum atomic E-state index is -0.531. The van der Waals surface area contributed by atoms with Crippen molar-refractivity contribution >= 4 is 17.2 Å². The van der Waals surface area contributed by atoms with Crippen LogP contribution < -0.4 is 4.90 Å². The molecular weight excluding hydrogens is 260 g/mol. The fraction of sp³-hybridized carbons (Fsp3) is 0.500. The zero-order valence-corrected chi connectivity index (χ0v) is 12.1. The van der Waals surface area contributed by atoms with Gasteiger partial charge in [0.05, 0.1) is 17.1 Å². The van der Waals surface area contributed by atoms with Gasteiger partial charge in [-0.15, -0.1) is 0 Å². The van der Waals surface area contributed by atoms with Crippen molar-refractivity contribution in [3.8, 4) is 0 Å². The first-order valence-corrected chi connectivity index (χ1v) is 6.63. The number of nitrogens with zero attached hydrogens (tertiary/aromatic N) is 2. The molecular formula is C14H20N2O4. The number of hydrogen-bond donors (Lipinski definition) is 0. The van der Waals surface area contributed by atoms with E-state index in [9.17, 15) is 14.9 Å². The van der Waals surface area contributed by atoms with Crippen LogP contribution in [0, 0.1) is 10.1 Å². The number of ketones is 1. The van der Waals surface area contributed by atoms with Crippen molar-refractivity contribution in [3.63, 3.8) is 0 Å². The molecule has 0 unspecified atom stereocenters. The molecule has 0 bridgehead atoms. The Labute approximate surface area is 118 Å². The smallest absolute Gasteiger partial charge is 0.280 e. The average Bonchev–Trinajstić information content (AvgIpc) is 2.43. The number of hydrogen-bond acceptors (Lipinski definition) is 5. The van der Waals surface area contributed by atoms with Crippen molar-refractivity contribution in [2.45, 2.75) is 20.8 Å². The number of anilines is 1. The van der Waals surface area contributed by atoms with Crippen LogP contribution in [0.3, 0.4) is 0 Å². The molecule has 1 rings (SSSR count). The number of carbonyl (C=O) groups excluding carboxylic acids is 1. The first-order chi connectivity index (χ1) is 9.51. The van der Waals surface area contributed by atoms with Crippen LogP contribution in [-0.2, 0) is 4.74 Å². The zero-order chi connectivity index (χ0) is 15.1. The van der Waals surface area contributed by atoms with Gasteiger partial charge < -0.3 is 9.64 Å². The molecule has 0 N–H and O–H groups in total. The van der Waals surface area contributed by atoms with Crippen LogP contribution in [0.1, 0.15) is 31.1 Å². The van der Waals surface area contributed by atoms with Crippen molar-refractivity contribution < 1.29 is 14.5 Å². The summed E-state index contributed by atoms with van der Waals surface area (Å²) in [6, 6.07) is 4.63. The molecule has 0 amide bonds. The van der Waals surface area contributed by atoms with Gasteiger partial charge in [0.25, 0.3) is 5.69 Å². The van der Waals surface area contributed by atoms with Crippen molar-refractivity contribution in [1.82, 2.24) is 0 Å². The summed E-state index contributed by atoms with van der Waals surface area (Å²) in [6.45, 7) is 7.90. The molecule has 0 saturated carbocycles.